The maximum Gasteiger partial charge on any atom is 0.134 e. The second-order valence-corrected chi connectivity index (χ2v) is 4.83. The molecule has 0 atom stereocenters. The highest BCUT2D eigenvalue weighted by molar-refractivity contribution is 6.29. The number of anilines is 1. The Morgan fingerprint density at radius 2 is 2.10 bits per heavy atom. The number of ether oxygens (including phenoxy) is 1. The first kappa shape index (κ1) is 14.6. The summed E-state index contributed by atoms with van der Waals surface area (Å²) in [6.45, 7) is 2.75. The lowest BCUT2D eigenvalue weighted by Gasteiger charge is -2.08. The van der Waals surface area contributed by atoms with Gasteiger partial charge in [0.1, 0.15) is 22.5 Å². The van der Waals surface area contributed by atoms with Gasteiger partial charge in [-0.3, -0.25) is 0 Å². The largest absolute Gasteiger partial charge is 0.497 e. The number of hydrogen-bond donors (Lipinski definition) is 1. The number of rotatable bonds is 6. The smallest absolute Gasteiger partial charge is 0.134 e. The average molecular weight is 292 g/mol. The van der Waals surface area contributed by atoms with Gasteiger partial charge in [-0.1, -0.05) is 30.7 Å². The summed E-state index contributed by atoms with van der Waals surface area (Å²) >= 11 is 6.00. The Bertz CT molecular complexity index is 575. The Morgan fingerprint density at radius 1 is 1.25 bits per heavy atom. The van der Waals surface area contributed by atoms with Crippen LogP contribution in [0.1, 0.15) is 24.7 Å². The number of methoxy groups -OCH3 is 1. The van der Waals surface area contributed by atoms with Gasteiger partial charge in [0.25, 0.3) is 0 Å². The van der Waals surface area contributed by atoms with Crippen LogP contribution in [0.4, 0.5) is 5.82 Å². The van der Waals surface area contributed by atoms with Crippen molar-refractivity contribution in [1.82, 2.24) is 9.97 Å². The van der Waals surface area contributed by atoms with Crippen molar-refractivity contribution in [1.29, 1.82) is 0 Å². The summed E-state index contributed by atoms with van der Waals surface area (Å²) in [5.41, 5.74) is 1.12. The minimum absolute atomic E-state index is 0.469. The van der Waals surface area contributed by atoms with Gasteiger partial charge in [0, 0.05) is 19.0 Å². The fourth-order valence-corrected chi connectivity index (χ4v) is 2.07. The van der Waals surface area contributed by atoms with E-state index in [1.54, 1.807) is 13.2 Å². The molecule has 5 heteroatoms. The molecule has 106 valence electrons. The first-order valence-corrected chi connectivity index (χ1v) is 6.99. The van der Waals surface area contributed by atoms with Gasteiger partial charge in [-0.15, -0.1) is 0 Å². The van der Waals surface area contributed by atoms with E-state index >= 15 is 0 Å². The summed E-state index contributed by atoms with van der Waals surface area (Å²) in [5.74, 6) is 2.36. The SMILES string of the molecule is CCCc1nc(Cl)cc(NCc2cccc(OC)c2)n1. The van der Waals surface area contributed by atoms with Crippen LogP contribution in [-0.2, 0) is 13.0 Å². The highest BCUT2D eigenvalue weighted by Crippen LogP contribution is 2.16. The Hall–Kier alpha value is -1.81. The van der Waals surface area contributed by atoms with Crippen molar-refractivity contribution in [3.05, 3.63) is 46.9 Å². The predicted molar refractivity (Wildman–Crippen MR) is 81.4 cm³/mol. The van der Waals surface area contributed by atoms with Crippen LogP contribution >= 0.6 is 11.6 Å². The molecule has 2 rings (SSSR count). The first-order chi connectivity index (χ1) is 9.71. The zero-order valence-electron chi connectivity index (χ0n) is 11.7. The minimum atomic E-state index is 0.469. The van der Waals surface area contributed by atoms with Crippen LogP contribution in [0, 0.1) is 0 Å². The van der Waals surface area contributed by atoms with Gasteiger partial charge in [0.2, 0.25) is 0 Å². The van der Waals surface area contributed by atoms with E-state index in [1.807, 2.05) is 24.3 Å². The molecule has 0 saturated carbocycles. The van der Waals surface area contributed by atoms with Crippen molar-refractivity contribution in [3.8, 4) is 5.75 Å². The molecule has 0 fully saturated rings. The van der Waals surface area contributed by atoms with Crippen molar-refractivity contribution in [2.75, 3.05) is 12.4 Å². The van der Waals surface area contributed by atoms with Crippen molar-refractivity contribution < 1.29 is 4.74 Å². The van der Waals surface area contributed by atoms with E-state index in [-0.39, 0.29) is 0 Å². The third-order valence-electron chi connectivity index (χ3n) is 2.82. The van der Waals surface area contributed by atoms with Crippen LogP contribution in [0.5, 0.6) is 5.75 Å². The zero-order chi connectivity index (χ0) is 14.4. The molecule has 0 aliphatic rings. The van der Waals surface area contributed by atoms with Gasteiger partial charge in [-0.2, -0.15) is 0 Å². The van der Waals surface area contributed by atoms with Gasteiger partial charge in [-0.05, 0) is 24.1 Å². The van der Waals surface area contributed by atoms with E-state index < -0.39 is 0 Å². The number of aromatic nitrogens is 2. The molecule has 1 aromatic heterocycles. The fraction of sp³-hybridized carbons (Fsp3) is 0.333. The number of nitrogens with one attached hydrogen (secondary N) is 1. The summed E-state index contributed by atoms with van der Waals surface area (Å²) in [6.07, 6.45) is 1.82. The second-order valence-electron chi connectivity index (χ2n) is 4.45. The molecule has 1 N–H and O–H groups in total. The Labute approximate surface area is 124 Å². The molecule has 1 heterocycles. The molecule has 0 saturated heterocycles. The summed E-state index contributed by atoms with van der Waals surface area (Å²) in [6, 6.07) is 9.64. The van der Waals surface area contributed by atoms with Crippen LogP contribution in [0.3, 0.4) is 0 Å². The average Bonchev–Trinajstić information content (AvgIpc) is 2.45. The molecule has 1 aromatic carbocycles. The quantitative estimate of drug-likeness (QED) is 0.824. The normalized spacial score (nSPS) is 10.3. The number of hydrogen-bond acceptors (Lipinski definition) is 4. The third kappa shape index (κ3) is 4.10. The van der Waals surface area contributed by atoms with Crippen molar-refractivity contribution in [2.24, 2.45) is 0 Å². The number of benzene rings is 1. The Balaban J connectivity index is 2.06. The molecule has 20 heavy (non-hydrogen) atoms. The highest BCUT2D eigenvalue weighted by atomic mass is 35.5. The zero-order valence-corrected chi connectivity index (χ0v) is 12.4. The van der Waals surface area contributed by atoms with Gasteiger partial charge in [0.05, 0.1) is 7.11 Å². The number of nitrogens with zero attached hydrogens (tertiary/aromatic N) is 2. The van der Waals surface area contributed by atoms with E-state index in [0.717, 1.165) is 35.8 Å². The van der Waals surface area contributed by atoms with Crippen LogP contribution in [0.15, 0.2) is 30.3 Å². The van der Waals surface area contributed by atoms with Crippen LogP contribution < -0.4 is 10.1 Å². The summed E-state index contributed by atoms with van der Waals surface area (Å²) in [5, 5.41) is 3.73. The molecule has 0 radical (unpaired) electrons. The van der Waals surface area contributed by atoms with Gasteiger partial charge >= 0.3 is 0 Å². The molecule has 0 aliphatic carbocycles. The lowest BCUT2D eigenvalue weighted by molar-refractivity contribution is 0.414. The number of halogens is 1. The summed E-state index contributed by atoms with van der Waals surface area (Å²) < 4.78 is 5.20. The van der Waals surface area contributed by atoms with Gasteiger partial charge in [-0.25, -0.2) is 9.97 Å². The van der Waals surface area contributed by atoms with Crippen molar-refractivity contribution in [3.63, 3.8) is 0 Å². The first-order valence-electron chi connectivity index (χ1n) is 6.61. The van der Waals surface area contributed by atoms with Crippen molar-refractivity contribution >= 4 is 17.4 Å². The molecule has 0 amide bonds. The summed E-state index contributed by atoms with van der Waals surface area (Å²) in [7, 11) is 1.66. The Morgan fingerprint density at radius 3 is 2.85 bits per heavy atom. The van der Waals surface area contributed by atoms with Crippen LogP contribution in [0.2, 0.25) is 5.15 Å². The van der Waals surface area contributed by atoms with Crippen LogP contribution in [-0.4, -0.2) is 17.1 Å². The van der Waals surface area contributed by atoms with E-state index in [9.17, 15) is 0 Å². The lowest BCUT2D eigenvalue weighted by atomic mass is 10.2. The molecular formula is C15H18ClN3O. The van der Waals surface area contributed by atoms with Gasteiger partial charge in [0.15, 0.2) is 0 Å². The lowest BCUT2D eigenvalue weighted by Crippen LogP contribution is -2.04. The highest BCUT2D eigenvalue weighted by Gasteiger charge is 2.03. The monoisotopic (exact) mass is 291 g/mol. The fourth-order valence-electron chi connectivity index (χ4n) is 1.87. The predicted octanol–water partition coefficient (Wildman–Crippen LogP) is 3.70. The van der Waals surface area contributed by atoms with E-state index in [4.69, 9.17) is 16.3 Å². The van der Waals surface area contributed by atoms with Gasteiger partial charge < -0.3 is 10.1 Å². The maximum absolute atomic E-state index is 6.00. The topological polar surface area (TPSA) is 47.0 Å². The molecule has 0 aliphatic heterocycles. The molecule has 0 unspecified atom stereocenters. The molecule has 0 bridgehead atoms. The molecule has 4 nitrogen and oxygen atoms in total. The van der Waals surface area contributed by atoms with Crippen LogP contribution in [0.25, 0.3) is 0 Å². The molecular weight excluding hydrogens is 274 g/mol. The van der Waals surface area contributed by atoms with E-state index in [2.05, 4.69) is 22.2 Å². The molecule has 2 aromatic rings. The third-order valence-corrected chi connectivity index (χ3v) is 3.02. The van der Waals surface area contributed by atoms with E-state index in [0.29, 0.717) is 11.7 Å². The molecule has 0 spiro atoms. The van der Waals surface area contributed by atoms with E-state index in [1.165, 1.54) is 0 Å². The minimum Gasteiger partial charge on any atom is -0.497 e. The number of aryl methyl sites for hydroxylation is 1. The Kier molecular flexibility index (Phi) is 5.18. The second kappa shape index (κ2) is 7.10. The standard InChI is InChI=1S/C15H18ClN3O/c1-3-5-14-18-13(16)9-15(19-14)17-10-11-6-4-7-12(8-11)20-2/h4,6-9H,3,5,10H2,1-2H3,(H,17,18,19). The van der Waals surface area contributed by atoms with Crippen molar-refractivity contribution in [2.45, 2.75) is 26.3 Å². The summed E-state index contributed by atoms with van der Waals surface area (Å²) in [4.78, 5) is 8.64. The maximum atomic E-state index is 6.00.